The van der Waals surface area contributed by atoms with Crippen LogP contribution in [0.1, 0.15) is 33.8 Å². The fraction of sp³-hybridized carbons (Fsp3) is 0.471. The molecular formula is C17H21N3O2S. The molecule has 1 amide bonds. The van der Waals surface area contributed by atoms with Gasteiger partial charge < -0.3 is 9.64 Å². The molecule has 0 radical (unpaired) electrons. The first-order chi connectivity index (χ1) is 11.2. The highest BCUT2D eigenvalue weighted by Gasteiger charge is 2.26. The van der Waals surface area contributed by atoms with E-state index >= 15 is 0 Å². The van der Waals surface area contributed by atoms with Gasteiger partial charge in [-0.2, -0.15) is 0 Å². The van der Waals surface area contributed by atoms with Crippen molar-refractivity contribution in [2.45, 2.75) is 26.2 Å². The molecule has 23 heavy (non-hydrogen) atoms. The maximum Gasteiger partial charge on any atom is 0.267 e. The number of nitrogens with zero attached hydrogens (tertiary/aromatic N) is 3. The Balaban J connectivity index is 1.63. The van der Waals surface area contributed by atoms with Gasteiger partial charge in [-0.25, -0.2) is 0 Å². The van der Waals surface area contributed by atoms with E-state index in [1.165, 1.54) is 17.1 Å². The predicted octanol–water partition coefficient (Wildman–Crippen LogP) is 2.95. The van der Waals surface area contributed by atoms with E-state index in [9.17, 15) is 4.79 Å². The van der Waals surface area contributed by atoms with Gasteiger partial charge in [0.1, 0.15) is 10.6 Å². The molecule has 0 spiro atoms. The van der Waals surface area contributed by atoms with Crippen LogP contribution in [-0.4, -0.2) is 40.6 Å². The highest BCUT2D eigenvalue weighted by molar-refractivity contribution is 7.07. The Morgan fingerprint density at radius 2 is 2.17 bits per heavy atom. The van der Waals surface area contributed by atoms with Crippen molar-refractivity contribution in [3.8, 4) is 5.75 Å². The Kier molecular flexibility index (Phi) is 4.91. The quantitative estimate of drug-likeness (QED) is 0.864. The van der Waals surface area contributed by atoms with Gasteiger partial charge in [-0.3, -0.25) is 4.79 Å². The number of hydrogen-bond donors (Lipinski definition) is 0. The molecule has 2 aromatic rings. The Bertz CT molecular complexity index is 669. The average molecular weight is 331 g/mol. The van der Waals surface area contributed by atoms with Crippen LogP contribution < -0.4 is 4.74 Å². The lowest BCUT2D eigenvalue weighted by atomic mass is 9.91. The number of ether oxygens (including phenoxy) is 1. The summed E-state index contributed by atoms with van der Waals surface area (Å²) >= 11 is 1.19. The molecule has 1 aliphatic rings. The van der Waals surface area contributed by atoms with Gasteiger partial charge in [0.05, 0.1) is 12.8 Å². The minimum Gasteiger partial charge on any atom is -0.497 e. The van der Waals surface area contributed by atoms with Crippen molar-refractivity contribution in [2.75, 3.05) is 20.2 Å². The van der Waals surface area contributed by atoms with Gasteiger partial charge in [0, 0.05) is 13.1 Å². The largest absolute Gasteiger partial charge is 0.497 e. The Labute approximate surface area is 140 Å². The summed E-state index contributed by atoms with van der Waals surface area (Å²) in [5.74, 6) is 1.46. The molecule has 0 aliphatic carbocycles. The van der Waals surface area contributed by atoms with Crippen molar-refractivity contribution in [2.24, 2.45) is 5.92 Å². The van der Waals surface area contributed by atoms with Crippen molar-refractivity contribution in [1.82, 2.24) is 14.5 Å². The second-order valence-corrected chi connectivity index (χ2v) is 6.75. The van der Waals surface area contributed by atoms with Crippen molar-refractivity contribution in [3.05, 3.63) is 40.4 Å². The number of methoxy groups -OCH3 is 1. The predicted molar refractivity (Wildman–Crippen MR) is 90.0 cm³/mol. The van der Waals surface area contributed by atoms with Crippen LogP contribution in [0.4, 0.5) is 0 Å². The summed E-state index contributed by atoms with van der Waals surface area (Å²) in [5, 5.41) is 3.94. The molecule has 122 valence electrons. The molecule has 1 atom stereocenters. The molecule has 1 saturated heterocycles. The molecule has 0 saturated carbocycles. The molecule has 0 bridgehead atoms. The van der Waals surface area contributed by atoms with Gasteiger partial charge in [0.25, 0.3) is 5.91 Å². The van der Waals surface area contributed by atoms with Crippen molar-refractivity contribution >= 4 is 17.4 Å². The summed E-state index contributed by atoms with van der Waals surface area (Å²) in [6.45, 7) is 3.48. The molecular weight excluding hydrogens is 310 g/mol. The van der Waals surface area contributed by atoms with Gasteiger partial charge in [-0.1, -0.05) is 16.6 Å². The lowest BCUT2D eigenvalue weighted by Crippen LogP contribution is -2.40. The molecule has 2 heterocycles. The van der Waals surface area contributed by atoms with Crippen LogP contribution in [0.3, 0.4) is 0 Å². The third kappa shape index (κ3) is 3.69. The highest BCUT2D eigenvalue weighted by atomic mass is 32.1. The molecule has 1 aromatic heterocycles. The number of amides is 1. The maximum atomic E-state index is 12.6. The molecule has 3 rings (SSSR count). The molecule has 5 nitrogen and oxygen atoms in total. The van der Waals surface area contributed by atoms with Crippen LogP contribution in [0.15, 0.2) is 24.3 Å². The number of rotatable bonds is 4. The molecule has 1 aromatic carbocycles. The normalized spacial score (nSPS) is 18.0. The zero-order valence-electron chi connectivity index (χ0n) is 13.5. The summed E-state index contributed by atoms with van der Waals surface area (Å²) < 4.78 is 9.07. The standard InChI is InChI=1S/C17H21N3O2S/c1-12-16(23-19-18-12)17(21)20-9-3-4-14(11-20)10-13-5-7-15(22-2)8-6-13/h5-8,14H,3-4,9-11H2,1-2H3/t14-/m0/s1. The van der Waals surface area contributed by atoms with E-state index in [4.69, 9.17) is 4.74 Å². The minimum atomic E-state index is 0.0805. The van der Waals surface area contributed by atoms with Gasteiger partial charge in [0.2, 0.25) is 0 Å². The Morgan fingerprint density at radius 1 is 1.39 bits per heavy atom. The van der Waals surface area contributed by atoms with E-state index in [1.807, 2.05) is 24.0 Å². The van der Waals surface area contributed by atoms with E-state index in [0.29, 0.717) is 10.8 Å². The van der Waals surface area contributed by atoms with Crippen molar-refractivity contribution in [1.29, 1.82) is 0 Å². The topological polar surface area (TPSA) is 55.3 Å². The van der Waals surface area contributed by atoms with Crippen molar-refractivity contribution < 1.29 is 9.53 Å². The minimum absolute atomic E-state index is 0.0805. The Hall–Kier alpha value is -1.95. The summed E-state index contributed by atoms with van der Waals surface area (Å²) in [6, 6.07) is 8.20. The number of carbonyl (C=O) groups is 1. The van der Waals surface area contributed by atoms with E-state index < -0.39 is 0 Å². The molecule has 0 N–H and O–H groups in total. The van der Waals surface area contributed by atoms with Gasteiger partial charge >= 0.3 is 0 Å². The summed E-state index contributed by atoms with van der Waals surface area (Å²) in [6.07, 6.45) is 3.21. The molecule has 6 heteroatoms. The fourth-order valence-corrected chi connectivity index (χ4v) is 3.71. The van der Waals surface area contributed by atoms with E-state index in [1.54, 1.807) is 7.11 Å². The zero-order valence-corrected chi connectivity index (χ0v) is 14.3. The lowest BCUT2D eigenvalue weighted by molar-refractivity contribution is 0.0677. The number of carbonyl (C=O) groups excluding carboxylic acids is 1. The lowest BCUT2D eigenvalue weighted by Gasteiger charge is -2.32. The molecule has 1 fully saturated rings. The van der Waals surface area contributed by atoms with Crippen LogP contribution in [-0.2, 0) is 6.42 Å². The van der Waals surface area contributed by atoms with E-state index in [-0.39, 0.29) is 5.91 Å². The third-order valence-corrected chi connectivity index (χ3v) is 5.15. The third-order valence-electron chi connectivity index (χ3n) is 4.34. The number of hydrogen-bond acceptors (Lipinski definition) is 5. The number of aryl methyl sites for hydroxylation is 1. The van der Waals surface area contributed by atoms with E-state index in [0.717, 1.165) is 43.8 Å². The zero-order chi connectivity index (χ0) is 16.2. The maximum absolute atomic E-state index is 12.6. The summed E-state index contributed by atoms with van der Waals surface area (Å²) in [5.41, 5.74) is 2.03. The van der Waals surface area contributed by atoms with Crippen molar-refractivity contribution in [3.63, 3.8) is 0 Å². The summed E-state index contributed by atoms with van der Waals surface area (Å²) in [7, 11) is 1.68. The first-order valence-corrected chi connectivity index (χ1v) is 8.66. The number of piperidine rings is 1. The number of benzene rings is 1. The summed E-state index contributed by atoms with van der Waals surface area (Å²) in [4.78, 5) is 15.2. The van der Waals surface area contributed by atoms with Crippen LogP contribution in [0.2, 0.25) is 0 Å². The molecule has 1 aliphatic heterocycles. The Morgan fingerprint density at radius 3 is 2.83 bits per heavy atom. The SMILES string of the molecule is COc1ccc(C[C@@H]2CCCN(C(=O)c3snnc3C)C2)cc1. The van der Waals surface area contributed by atoms with Gasteiger partial charge in [0.15, 0.2) is 0 Å². The van der Waals surface area contributed by atoms with Crippen LogP contribution >= 0.6 is 11.5 Å². The first-order valence-electron chi connectivity index (χ1n) is 7.88. The average Bonchev–Trinajstić information content (AvgIpc) is 3.01. The van der Waals surface area contributed by atoms with Gasteiger partial charge in [-0.05, 0) is 61.3 Å². The highest BCUT2D eigenvalue weighted by Crippen LogP contribution is 2.24. The molecule has 0 unspecified atom stereocenters. The fourth-order valence-electron chi connectivity index (χ4n) is 3.08. The van der Waals surface area contributed by atoms with Gasteiger partial charge in [-0.15, -0.1) is 5.10 Å². The first kappa shape index (κ1) is 15.9. The van der Waals surface area contributed by atoms with Crippen LogP contribution in [0, 0.1) is 12.8 Å². The smallest absolute Gasteiger partial charge is 0.267 e. The van der Waals surface area contributed by atoms with Crippen LogP contribution in [0.25, 0.3) is 0 Å². The number of likely N-dealkylation sites (tertiary alicyclic amines) is 1. The second-order valence-electron chi connectivity index (χ2n) is 6.00. The van der Waals surface area contributed by atoms with E-state index in [2.05, 4.69) is 21.7 Å². The second kappa shape index (κ2) is 7.08. The van der Waals surface area contributed by atoms with Crippen LogP contribution in [0.5, 0.6) is 5.75 Å². The number of aromatic nitrogens is 2. The monoisotopic (exact) mass is 331 g/mol.